The Hall–Kier alpha value is -7.19. The molecule has 340 valence electrons. The zero-order valence-corrected chi connectivity index (χ0v) is 36.9. The lowest BCUT2D eigenvalue weighted by atomic mass is 9.61. The number of carbonyl (C=O) groups excluding carboxylic acids is 2. The minimum atomic E-state index is -0.614. The molecule has 0 aliphatic heterocycles. The van der Waals surface area contributed by atoms with E-state index in [1.165, 1.54) is 75.1 Å². The summed E-state index contributed by atoms with van der Waals surface area (Å²) in [5.74, 6) is 0.871. The van der Waals surface area contributed by atoms with E-state index in [0.29, 0.717) is 34.2 Å². The smallest absolute Gasteiger partial charge is 0.291 e. The van der Waals surface area contributed by atoms with Crippen molar-refractivity contribution in [1.29, 1.82) is 0 Å². The Labute approximate surface area is 389 Å². The first kappa shape index (κ1) is 43.7. The van der Waals surface area contributed by atoms with Crippen LogP contribution in [0.2, 0.25) is 5.02 Å². The zero-order chi connectivity index (χ0) is 46.0. The molecule has 4 fully saturated rings. The van der Waals surface area contributed by atoms with Crippen LogP contribution in [-0.2, 0) is 6.54 Å². The van der Waals surface area contributed by atoms with E-state index in [2.05, 4.69) is 34.7 Å². The predicted molar refractivity (Wildman–Crippen MR) is 249 cm³/mol. The SMILES string of the molecule is O=C(Nc1ccccc1F)c1ccc(-c2c(-c3ccc(F)cc3)ncn2CC2CC3CC(C3)C2)o1.O=C(Nc1ccncc1F)c1ccc(-c2c(-c3ccc(Cl)cc3)ncn2C2CCCC2)o1. The molecule has 8 aromatic rings. The van der Waals surface area contributed by atoms with Crippen molar-refractivity contribution in [1.82, 2.24) is 24.1 Å². The first-order chi connectivity index (χ1) is 32.6. The molecule has 4 aliphatic carbocycles. The Kier molecular flexibility index (Phi) is 12.4. The van der Waals surface area contributed by atoms with E-state index in [-0.39, 0.29) is 28.7 Å². The van der Waals surface area contributed by atoms with Crippen molar-refractivity contribution in [3.63, 3.8) is 0 Å². The van der Waals surface area contributed by atoms with Gasteiger partial charge in [-0.3, -0.25) is 14.6 Å². The molecule has 0 saturated heterocycles. The summed E-state index contributed by atoms with van der Waals surface area (Å²) in [7, 11) is 0. The number of furan rings is 2. The van der Waals surface area contributed by atoms with Crippen LogP contribution in [0.25, 0.3) is 45.4 Å². The quantitative estimate of drug-likeness (QED) is 0.132. The number of benzene rings is 3. The molecule has 2 bridgehead atoms. The lowest BCUT2D eigenvalue weighted by Gasteiger charge is -2.45. The van der Waals surface area contributed by atoms with Gasteiger partial charge in [0.1, 0.15) is 23.0 Å². The van der Waals surface area contributed by atoms with Crippen molar-refractivity contribution in [2.24, 2.45) is 17.8 Å². The minimum absolute atomic E-state index is 0.0424. The highest BCUT2D eigenvalue weighted by Crippen LogP contribution is 2.49. The normalized spacial score (nSPS) is 17.6. The van der Waals surface area contributed by atoms with Crippen molar-refractivity contribution in [2.45, 2.75) is 64.0 Å². The van der Waals surface area contributed by atoms with E-state index in [9.17, 15) is 22.8 Å². The summed E-state index contributed by atoms with van der Waals surface area (Å²) < 4.78 is 57.6. The average Bonchev–Trinajstić information content (AvgIpc) is 4.19. The molecule has 0 atom stereocenters. The van der Waals surface area contributed by atoms with Gasteiger partial charge in [-0.15, -0.1) is 0 Å². The second kappa shape index (κ2) is 19.0. The largest absolute Gasteiger partial charge is 0.449 e. The molecule has 67 heavy (non-hydrogen) atoms. The number of fused-ring (bicyclic) bond motifs is 2. The summed E-state index contributed by atoms with van der Waals surface area (Å²) in [4.78, 5) is 38.4. The van der Waals surface area contributed by atoms with Crippen LogP contribution in [0.5, 0.6) is 0 Å². The summed E-state index contributed by atoms with van der Waals surface area (Å²) in [6.07, 6.45) is 15.7. The van der Waals surface area contributed by atoms with Crippen molar-refractivity contribution in [3.05, 3.63) is 162 Å². The van der Waals surface area contributed by atoms with Crippen LogP contribution >= 0.6 is 11.6 Å². The number of imidazole rings is 2. The average molecular weight is 924 g/mol. The standard InChI is InChI=1S/C28H25F2N3O2.C24H20ClFN4O2/c29-21-7-5-20(6-8-21)26-27(33(16-31-26)15-19-13-17-11-18(12-17)14-19)24-9-10-25(35-24)28(34)32-23-4-2-1-3-22(23)30;25-16-7-5-15(6-8-16)22-23(30(14-28-22)17-3-1-2-4-17)20-9-10-21(32-20)24(31)29-19-11-12-27-13-18(19)26/h1-10,16-19H,11-15H2,(H,32,34);5-14,17H,1-4H2,(H,27,29,31). The highest BCUT2D eigenvalue weighted by atomic mass is 35.5. The van der Waals surface area contributed by atoms with Crippen LogP contribution in [-0.4, -0.2) is 35.9 Å². The number of carbonyl (C=O) groups is 2. The molecule has 5 heterocycles. The van der Waals surface area contributed by atoms with E-state index in [1.807, 2.05) is 30.6 Å². The molecule has 4 saturated carbocycles. The molecule has 11 nitrogen and oxygen atoms in total. The number of halogens is 4. The Morgan fingerprint density at radius 1 is 0.657 bits per heavy atom. The summed E-state index contributed by atoms with van der Waals surface area (Å²) in [6.45, 7) is 0.813. The molecule has 0 radical (unpaired) electrons. The maximum absolute atomic E-state index is 14.0. The highest BCUT2D eigenvalue weighted by Gasteiger charge is 2.38. The Morgan fingerprint density at radius 3 is 1.88 bits per heavy atom. The first-order valence-electron chi connectivity index (χ1n) is 22.4. The second-order valence-corrected chi connectivity index (χ2v) is 17.9. The van der Waals surface area contributed by atoms with Gasteiger partial charge >= 0.3 is 0 Å². The van der Waals surface area contributed by atoms with Gasteiger partial charge in [0.05, 0.1) is 41.6 Å². The van der Waals surface area contributed by atoms with Gasteiger partial charge in [-0.2, -0.15) is 0 Å². The number of aromatic nitrogens is 5. The van der Waals surface area contributed by atoms with Gasteiger partial charge in [-0.05, 0) is 135 Å². The number of anilines is 2. The van der Waals surface area contributed by atoms with Crippen LogP contribution in [0.15, 0.2) is 137 Å². The third kappa shape index (κ3) is 9.44. The van der Waals surface area contributed by atoms with Gasteiger partial charge < -0.3 is 28.6 Å². The fourth-order valence-electron chi connectivity index (χ4n) is 9.79. The molecule has 3 aromatic carbocycles. The molecule has 12 rings (SSSR count). The molecule has 2 N–H and O–H groups in total. The molecule has 0 spiro atoms. The molecule has 0 unspecified atom stereocenters. The van der Waals surface area contributed by atoms with Gasteiger partial charge in [0.15, 0.2) is 28.9 Å². The second-order valence-electron chi connectivity index (χ2n) is 17.5. The predicted octanol–water partition coefficient (Wildman–Crippen LogP) is 13.1. The van der Waals surface area contributed by atoms with E-state index < -0.39 is 23.4 Å². The summed E-state index contributed by atoms with van der Waals surface area (Å²) in [6, 6.07) is 28.0. The number of rotatable bonds is 11. The summed E-state index contributed by atoms with van der Waals surface area (Å²) in [5.41, 5.74) is 4.79. The Morgan fingerprint density at radius 2 is 1.24 bits per heavy atom. The van der Waals surface area contributed by atoms with Gasteiger partial charge in [0.2, 0.25) is 0 Å². The van der Waals surface area contributed by atoms with E-state index in [4.69, 9.17) is 20.4 Å². The molecule has 4 aliphatic rings. The summed E-state index contributed by atoms with van der Waals surface area (Å²) >= 11 is 6.06. The van der Waals surface area contributed by atoms with E-state index in [1.54, 1.807) is 54.9 Å². The minimum Gasteiger partial charge on any atom is -0.449 e. The van der Waals surface area contributed by atoms with Gasteiger partial charge in [-0.25, -0.2) is 23.1 Å². The number of nitrogens with zero attached hydrogens (tertiary/aromatic N) is 5. The third-order valence-corrected chi connectivity index (χ3v) is 13.2. The Balaban J connectivity index is 0.000000157. The molecular weight excluding hydrogens is 879 g/mol. The number of para-hydroxylation sites is 1. The number of pyridine rings is 1. The number of amides is 2. The topological polar surface area (TPSA) is 133 Å². The third-order valence-electron chi connectivity index (χ3n) is 13.0. The van der Waals surface area contributed by atoms with Crippen LogP contribution in [0.1, 0.15) is 78.5 Å². The van der Waals surface area contributed by atoms with E-state index in [0.717, 1.165) is 65.6 Å². The monoisotopic (exact) mass is 923 g/mol. The lowest BCUT2D eigenvalue weighted by molar-refractivity contribution is 0.0598. The highest BCUT2D eigenvalue weighted by molar-refractivity contribution is 6.30. The van der Waals surface area contributed by atoms with Crippen LogP contribution < -0.4 is 10.6 Å². The van der Waals surface area contributed by atoms with Crippen LogP contribution in [0, 0.1) is 35.2 Å². The molecule has 15 heteroatoms. The van der Waals surface area contributed by atoms with Crippen LogP contribution in [0.3, 0.4) is 0 Å². The van der Waals surface area contributed by atoms with Crippen molar-refractivity contribution in [2.75, 3.05) is 10.6 Å². The van der Waals surface area contributed by atoms with Crippen molar-refractivity contribution < 1.29 is 31.6 Å². The van der Waals surface area contributed by atoms with Crippen molar-refractivity contribution in [3.8, 4) is 45.4 Å². The van der Waals surface area contributed by atoms with Crippen molar-refractivity contribution >= 4 is 34.8 Å². The van der Waals surface area contributed by atoms with Gasteiger partial charge in [0.25, 0.3) is 11.8 Å². The van der Waals surface area contributed by atoms with E-state index >= 15 is 0 Å². The number of nitrogens with one attached hydrogen (secondary N) is 2. The molecular formula is C52H45ClF3N7O4. The maximum Gasteiger partial charge on any atom is 0.291 e. The zero-order valence-electron chi connectivity index (χ0n) is 36.2. The fourth-order valence-corrected chi connectivity index (χ4v) is 9.91. The summed E-state index contributed by atoms with van der Waals surface area (Å²) in [5, 5.41) is 5.72. The first-order valence-corrected chi connectivity index (χ1v) is 22.8. The molecule has 5 aromatic heterocycles. The Bertz CT molecular complexity index is 3030. The number of hydrogen-bond acceptors (Lipinski definition) is 7. The number of hydrogen-bond donors (Lipinski definition) is 2. The lowest BCUT2D eigenvalue weighted by Crippen LogP contribution is -2.35. The maximum atomic E-state index is 14.0. The van der Waals surface area contributed by atoms with Crippen LogP contribution in [0.4, 0.5) is 24.5 Å². The van der Waals surface area contributed by atoms with Gasteiger partial charge in [-0.1, -0.05) is 48.7 Å². The fraction of sp³-hybridized carbons (Fsp3) is 0.250. The molecule has 2 amide bonds. The van der Waals surface area contributed by atoms with Gasteiger partial charge in [0, 0.05) is 34.9 Å².